The van der Waals surface area contributed by atoms with E-state index in [1.807, 2.05) is 19.1 Å². The summed E-state index contributed by atoms with van der Waals surface area (Å²) >= 11 is 0. The third-order valence-corrected chi connectivity index (χ3v) is 12.4. The van der Waals surface area contributed by atoms with Crippen molar-refractivity contribution in [3.63, 3.8) is 0 Å². The van der Waals surface area contributed by atoms with Gasteiger partial charge < -0.3 is 45.1 Å². The maximum Gasteiger partial charge on any atom is 0.305 e. The van der Waals surface area contributed by atoms with Crippen LogP contribution in [0.5, 0.6) is 0 Å². The van der Waals surface area contributed by atoms with Gasteiger partial charge in [-0.05, 0) is 90.4 Å². The summed E-state index contributed by atoms with van der Waals surface area (Å²) < 4.78 is 16.6. The molecule has 7 atom stereocenters. The van der Waals surface area contributed by atoms with Gasteiger partial charge in [0.25, 0.3) is 0 Å². The molecule has 0 aromatic rings. The predicted molar refractivity (Wildman–Crippen MR) is 273 cm³/mol. The van der Waals surface area contributed by atoms with E-state index in [2.05, 4.69) is 54.8 Å². The van der Waals surface area contributed by atoms with E-state index in [4.69, 9.17) is 14.2 Å². The lowest BCUT2D eigenvalue weighted by Crippen LogP contribution is -2.60. The summed E-state index contributed by atoms with van der Waals surface area (Å²) in [6, 6.07) is -0.846. The number of hydrogen-bond donors (Lipinski definition) is 6. The van der Waals surface area contributed by atoms with Crippen LogP contribution in [0.25, 0.3) is 0 Å². The maximum atomic E-state index is 12.9. The molecule has 0 aromatic carbocycles. The number of allylic oxidation sites excluding steroid dienone is 9. The van der Waals surface area contributed by atoms with Gasteiger partial charge in [-0.3, -0.25) is 9.59 Å². The molecule has 1 amide bonds. The standard InChI is InChI=1S/C56H99NO10/c1-3-5-7-9-11-13-14-20-24-28-32-36-40-44-52(61)65-45-41-37-33-29-25-22-19-17-15-16-18-21-23-27-31-35-39-43-51(60)57-48(49(59)42-38-34-30-26-12-10-8-6-4-2)47-66-56-55(64)54(63)53(62)50(46-58)67-56/h4,6,12,15,17,22,25-26,38,42,48-50,53-56,58-59,62-64H,3,5,7-11,13-14,16,18-21,23-24,27-37,39-41,43-47H2,1-2H3,(H,57,60)/b6-4+,17-15-,25-22-,26-12+,42-38+. The largest absolute Gasteiger partial charge is 0.466 e. The minimum absolute atomic E-state index is 0.0333. The van der Waals surface area contributed by atoms with Gasteiger partial charge in [0.1, 0.15) is 24.4 Å². The topological polar surface area (TPSA) is 175 Å². The van der Waals surface area contributed by atoms with Crippen LogP contribution in [0.15, 0.2) is 60.8 Å². The summed E-state index contributed by atoms with van der Waals surface area (Å²) in [6.45, 7) is 4.01. The third kappa shape index (κ3) is 36.0. The summed E-state index contributed by atoms with van der Waals surface area (Å²) in [5.41, 5.74) is 0. The fourth-order valence-corrected chi connectivity index (χ4v) is 8.09. The Labute approximate surface area is 408 Å². The van der Waals surface area contributed by atoms with Crippen LogP contribution in [0.4, 0.5) is 0 Å². The van der Waals surface area contributed by atoms with Crippen LogP contribution < -0.4 is 5.32 Å². The number of hydrogen-bond acceptors (Lipinski definition) is 10. The normalized spacial score (nSPS) is 20.0. The molecule has 1 fully saturated rings. The average molecular weight is 946 g/mol. The number of esters is 1. The Kier molecular flexibility index (Phi) is 42.6. The zero-order valence-electron chi connectivity index (χ0n) is 42.3. The van der Waals surface area contributed by atoms with E-state index < -0.39 is 49.5 Å². The molecule has 0 radical (unpaired) electrons. The van der Waals surface area contributed by atoms with E-state index >= 15 is 0 Å². The number of rotatable bonds is 45. The second-order valence-electron chi connectivity index (χ2n) is 18.6. The first kappa shape index (κ1) is 62.4. The van der Waals surface area contributed by atoms with Gasteiger partial charge in [0, 0.05) is 12.8 Å². The van der Waals surface area contributed by atoms with Crippen LogP contribution in [0.1, 0.15) is 219 Å². The molecule has 1 saturated heterocycles. The molecule has 0 aliphatic carbocycles. The second kappa shape index (κ2) is 45.8. The fourth-order valence-electron chi connectivity index (χ4n) is 8.09. The first-order valence-electron chi connectivity index (χ1n) is 27.0. The number of amides is 1. The van der Waals surface area contributed by atoms with Gasteiger partial charge in [0.15, 0.2) is 6.29 Å². The molecular weight excluding hydrogens is 847 g/mol. The predicted octanol–water partition coefficient (Wildman–Crippen LogP) is 11.5. The summed E-state index contributed by atoms with van der Waals surface area (Å²) in [7, 11) is 0. The number of carbonyl (C=O) groups is 2. The van der Waals surface area contributed by atoms with E-state index in [1.54, 1.807) is 6.08 Å². The van der Waals surface area contributed by atoms with Crippen molar-refractivity contribution in [3.05, 3.63) is 60.8 Å². The van der Waals surface area contributed by atoms with Gasteiger partial charge >= 0.3 is 5.97 Å². The third-order valence-electron chi connectivity index (χ3n) is 12.4. The highest BCUT2D eigenvalue weighted by molar-refractivity contribution is 5.76. The van der Waals surface area contributed by atoms with Crippen molar-refractivity contribution in [2.24, 2.45) is 0 Å². The molecule has 67 heavy (non-hydrogen) atoms. The Morgan fingerprint density at radius 1 is 0.582 bits per heavy atom. The maximum absolute atomic E-state index is 12.9. The lowest BCUT2D eigenvalue weighted by Gasteiger charge is -2.40. The Hall–Kier alpha value is -2.64. The Bertz CT molecular complexity index is 1300. The average Bonchev–Trinajstić information content (AvgIpc) is 3.32. The quantitative estimate of drug-likeness (QED) is 0.0196. The molecule has 1 heterocycles. The molecule has 388 valence electrons. The number of unbranched alkanes of at least 4 members (excludes halogenated alkanes) is 24. The van der Waals surface area contributed by atoms with Crippen molar-refractivity contribution in [1.82, 2.24) is 5.32 Å². The molecule has 7 unspecified atom stereocenters. The minimum atomic E-state index is -1.59. The molecule has 0 aromatic heterocycles. The van der Waals surface area contributed by atoms with Crippen molar-refractivity contribution in [2.45, 2.75) is 262 Å². The molecule has 11 nitrogen and oxygen atoms in total. The number of aliphatic hydroxyl groups excluding tert-OH is 5. The first-order chi connectivity index (χ1) is 32.7. The fraction of sp³-hybridized carbons (Fsp3) is 0.786. The molecule has 0 saturated carbocycles. The Morgan fingerprint density at radius 3 is 1.64 bits per heavy atom. The van der Waals surface area contributed by atoms with Gasteiger partial charge in [-0.15, -0.1) is 0 Å². The molecule has 0 bridgehead atoms. The second-order valence-corrected chi connectivity index (χ2v) is 18.6. The van der Waals surface area contributed by atoms with Gasteiger partial charge in [-0.1, -0.05) is 177 Å². The summed E-state index contributed by atoms with van der Waals surface area (Å²) in [4.78, 5) is 25.0. The monoisotopic (exact) mass is 946 g/mol. The Balaban J connectivity index is 2.12. The highest BCUT2D eigenvalue weighted by Crippen LogP contribution is 2.23. The highest BCUT2D eigenvalue weighted by Gasteiger charge is 2.44. The van der Waals surface area contributed by atoms with Gasteiger partial charge in [-0.25, -0.2) is 0 Å². The smallest absolute Gasteiger partial charge is 0.305 e. The van der Waals surface area contributed by atoms with E-state index in [9.17, 15) is 35.1 Å². The van der Waals surface area contributed by atoms with Gasteiger partial charge in [0.05, 0.1) is 32.0 Å². The van der Waals surface area contributed by atoms with Crippen LogP contribution in [0, 0.1) is 0 Å². The molecule has 11 heteroatoms. The van der Waals surface area contributed by atoms with Crippen molar-refractivity contribution in [2.75, 3.05) is 19.8 Å². The van der Waals surface area contributed by atoms with E-state index in [1.165, 1.54) is 89.9 Å². The zero-order chi connectivity index (χ0) is 48.8. The first-order valence-corrected chi connectivity index (χ1v) is 27.0. The SMILES string of the molecule is C/C=C/CC/C=C/CC/C=C/C(O)C(COC1OC(CO)C(O)C(O)C1O)NC(=O)CCCCCCCCC/C=C\C/C=C\CCCCCOC(=O)CCCCCCCCCCCCCCC. The number of nitrogens with one attached hydrogen (secondary N) is 1. The molecular formula is C56H99NO10. The van der Waals surface area contributed by atoms with Crippen LogP contribution >= 0.6 is 0 Å². The Morgan fingerprint density at radius 2 is 1.07 bits per heavy atom. The van der Waals surface area contributed by atoms with Crippen molar-refractivity contribution < 1.29 is 49.3 Å². The van der Waals surface area contributed by atoms with Crippen LogP contribution in [-0.4, -0.2) is 100 Å². The zero-order valence-corrected chi connectivity index (χ0v) is 42.3. The van der Waals surface area contributed by atoms with Crippen LogP contribution in [-0.2, 0) is 23.8 Å². The lowest BCUT2D eigenvalue weighted by atomic mass is 9.99. The lowest BCUT2D eigenvalue weighted by molar-refractivity contribution is -0.302. The molecule has 1 aliphatic heterocycles. The number of aliphatic hydroxyl groups is 5. The van der Waals surface area contributed by atoms with Crippen molar-refractivity contribution in [1.29, 1.82) is 0 Å². The van der Waals surface area contributed by atoms with Crippen LogP contribution in [0.2, 0.25) is 0 Å². The number of ether oxygens (including phenoxy) is 3. The van der Waals surface area contributed by atoms with E-state index in [0.29, 0.717) is 25.9 Å². The van der Waals surface area contributed by atoms with Gasteiger partial charge in [-0.2, -0.15) is 0 Å². The number of carbonyl (C=O) groups excluding carboxylic acids is 2. The molecule has 1 aliphatic rings. The van der Waals surface area contributed by atoms with Crippen molar-refractivity contribution >= 4 is 11.9 Å². The molecule has 6 N–H and O–H groups in total. The van der Waals surface area contributed by atoms with Crippen molar-refractivity contribution in [3.8, 4) is 0 Å². The van der Waals surface area contributed by atoms with E-state index in [0.717, 1.165) is 96.3 Å². The highest BCUT2D eigenvalue weighted by atomic mass is 16.7. The summed E-state index contributed by atoms with van der Waals surface area (Å²) in [5.74, 6) is -0.251. The summed E-state index contributed by atoms with van der Waals surface area (Å²) in [5, 5.41) is 54.0. The summed E-state index contributed by atoms with van der Waals surface area (Å²) in [6.07, 6.45) is 47.6. The van der Waals surface area contributed by atoms with E-state index in [-0.39, 0.29) is 18.5 Å². The van der Waals surface area contributed by atoms with Gasteiger partial charge in [0.2, 0.25) is 5.91 Å². The molecule has 1 rings (SSSR count). The van der Waals surface area contributed by atoms with Crippen LogP contribution in [0.3, 0.4) is 0 Å². The minimum Gasteiger partial charge on any atom is -0.466 e. The molecule has 0 spiro atoms.